The molecule has 2 aromatic carbocycles. The molecule has 0 saturated heterocycles. The topological polar surface area (TPSA) is 91.2 Å². The molecular formula is C22H23N3O3. The van der Waals surface area contributed by atoms with Gasteiger partial charge in [0.1, 0.15) is 12.6 Å². The number of ether oxygens (including phenoxy) is 1. The van der Waals surface area contributed by atoms with E-state index >= 15 is 0 Å². The van der Waals surface area contributed by atoms with Gasteiger partial charge in [-0.15, -0.1) is 0 Å². The minimum atomic E-state index is -0.757. The van der Waals surface area contributed by atoms with Crippen LogP contribution in [0.25, 0.3) is 11.1 Å². The fourth-order valence-electron chi connectivity index (χ4n) is 3.47. The summed E-state index contributed by atoms with van der Waals surface area (Å²) in [5, 5.41) is 13.8. The number of nitriles is 1. The molecule has 1 atom stereocenters. The molecule has 6 nitrogen and oxygen atoms in total. The number of carbonyl (C=O) groups is 2. The largest absolute Gasteiger partial charge is 0.436 e. The Morgan fingerprint density at radius 1 is 1.07 bits per heavy atom. The molecule has 2 aromatic rings. The molecule has 0 radical (unpaired) electrons. The lowest BCUT2D eigenvalue weighted by Crippen LogP contribution is -2.47. The van der Waals surface area contributed by atoms with Crippen molar-refractivity contribution in [2.24, 2.45) is 5.92 Å². The SMILES string of the molecule is CC(C)C[C@H](NC(=O)OC1c2ccccc2-c2ccccc21)C(=O)NCC#N. The van der Waals surface area contributed by atoms with Crippen molar-refractivity contribution in [1.82, 2.24) is 10.6 Å². The van der Waals surface area contributed by atoms with Crippen LogP contribution in [0.4, 0.5) is 4.79 Å². The maximum Gasteiger partial charge on any atom is 0.408 e. The molecule has 144 valence electrons. The number of carbonyl (C=O) groups excluding carboxylic acids is 2. The molecule has 0 aliphatic heterocycles. The molecule has 0 heterocycles. The zero-order valence-corrected chi connectivity index (χ0v) is 15.9. The number of rotatable bonds is 6. The lowest BCUT2D eigenvalue weighted by atomic mass is 10.0. The van der Waals surface area contributed by atoms with E-state index in [1.165, 1.54) is 0 Å². The van der Waals surface area contributed by atoms with Gasteiger partial charge >= 0.3 is 6.09 Å². The number of nitrogens with zero attached hydrogens (tertiary/aromatic N) is 1. The van der Waals surface area contributed by atoms with E-state index in [1.807, 2.05) is 68.4 Å². The van der Waals surface area contributed by atoms with Crippen molar-refractivity contribution in [3.8, 4) is 17.2 Å². The summed E-state index contributed by atoms with van der Waals surface area (Å²) in [6.45, 7) is 3.82. The molecular weight excluding hydrogens is 354 g/mol. The van der Waals surface area contributed by atoms with Crippen molar-refractivity contribution >= 4 is 12.0 Å². The molecule has 0 saturated carbocycles. The minimum Gasteiger partial charge on any atom is -0.436 e. The van der Waals surface area contributed by atoms with E-state index in [-0.39, 0.29) is 18.4 Å². The fraction of sp³-hybridized carbons (Fsp3) is 0.318. The van der Waals surface area contributed by atoms with E-state index < -0.39 is 18.2 Å². The standard InChI is InChI=1S/C22H23N3O3/c1-14(2)13-19(21(26)24-12-11-23)25-22(27)28-20-17-9-5-3-7-15(17)16-8-4-6-10-18(16)20/h3-10,14,19-20H,12-13H2,1-2H3,(H,24,26)(H,25,27)/t19-/m0/s1. The van der Waals surface area contributed by atoms with Crippen LogP contribution in [0.1, 0.15) is 37.5 Å². The molecule has 0 spiro atoms. The van der Waals surface area contributed by atoms with Gasteiger partial charge in [0.05, 0.1) is 6.07 Å². The average molecular weight is 377 g/mol. The van der Waals surface area contributed by atoms with Crippen LogP contribution in [0.2, 0.25) is 0 Å². The number of amides is 2. The van der Waals surface area contributed by atoms with Crippen LogP contribution in [-0.2, 0) is 9.53 Å². The van der Waals surface area contributed by atoms with E-state index in [2.05, 4.69) is 10.6 Å². The predicted octanol–water partition coefficient (Wildman–Crippen LogP) is 3.54. The van der Waals surface area contributed by atoms with Crippen molar-refractivity contribution in [3.63, 3.8) is 0 Å². The maximum atomic E-state index is 12.6. The smallest absolute Gasteiger partial charge is 0.408 e. The van der Waals surface area contributed by atoms with Crippen LogP contribution < -0.4 is 10.6 Å². The number of hydrogen-bond donors (Lipinski definition) is 2. The van der Waals surface area contributed by atoms with Crippen molar-refractivity contribution in [1.29, 1.82) is 5.26 Å². The predicted molar refractivity (Wildman–Crippen MR) is 105 cm³/mol. The van der Waals surface area contributed by atoms with E-state index in [4.69, 9.17) is 10.00 Å². The zero-order chi connectivity index (χ0) is 20.1. The van der Waals surface area contributed by atoms with E-state index in [0.717, 1.165) is 22.3 Å². The third kappa shape index (κ3) is 4.15. The highest BCUT2D eigenvalue weighted by Crippen LogP contribution is 2.44. The first-order valence-corrected chi connectivity index (χ1v) is 9.31. The number of fused-ring (bicyclic) bond motifs is 3. The summed E-state index contributed by atoms with van der Waals surface area (Å²) in [5.41, 5.74) is 3.93. The summed E-state index contributed by atoms with van der Waals surface area (Å²) in [6.07, 6.45) is -0.729. The van der Waals surface area contributed by atoms with Gasteiger partial charge in [-0.25, -0.2) is 4.79 Å². The summed E-state index contributed by atoms with van der Waals surface area (Å²) in [4.78, 5) is 24.9. The Morgan fingerprint density at radius 3 is 2.18 bits per heavy atom. The lowest BCUT2D eigenvalue weighted by Gasteiger charge is -2.21. The van der Waals surface area contributed by atoms with E-state index in [0.29, 0.717) is 6.42 Å². The Labute approximate surface area is 164 Å². The molecule has 0 unspecified atom stereocenters. The van der Waals surface area contributed by atoms with Crippen molar-refractivity contribution in [3.05, 3.63) is 59.7 Å². The molecule has 2 N–H and O–H groups in total. The normalized spacial score (nSPS) is 13.2. The van der Waals surface area contributed by atoms with Crippen LogP contribution in [0, 0.1) is 17.2 Å². The van der Waals surface area contributed by atoms with Gasteiger partial charge in [-0.1, -0.05) is 62.4 Å². The Hall–Kier alpha value is -3.33. The average Bonchev–Trinajstić information content (AvgIpc) is 2.99. The summed E-state index contributed by atoms with van der Waals surface area (Å²) >= 11 is 0. The van der Waals surface area contributed by atoms with E-state index in [1.54, 1.807) is 0 Å². The molecule has 0 bridgehead atoms. The van der Waals surface area contributed by atoms with Crippen LogP contribution in [0.5, 0.6) is 0 Å². The molecule has 0 aromatic heterocycles. The van der Waals surface area contributed by atoms with E-state index in [9.17, 15) is 9.59 Å². The highest BCUT2D eigenvalue weighted by Gasteiger charge is 2.32. The number of benzene rings is 2. The monoisotopic (exact) mass is 377 g/mol. The Morgan fingerprint density at radius 2 is 1.64 bits per heavy atom. The third-order valence-corrected chi connectivity index (χ3v) is 4.66. The van der Waals surface area contributed by atoms with Gasteiger partial charge in [-0.2, -0.15) is 5.26 Å². The van der Waals surface area contributed by atoms with Crippen LogP contribution >= 0.6 is 0 Å². The Kier molecular flexibility index (Phi) is 5.95. The molecule has 28 heavy (non-hydrogen) atoms. The second-order valence-electron chi connectivity index (χ2n) is 7.16. The summed E-state index contributed by atoms with van der Waals surface area (Å²) in [6, 6.07) is 16.7. The maximum absolute atomic E-state index is 12.6. The van der Waals surface area contributed by atoms with Crippen LogP contribution in [0.3, 0.4) is 0 Å². The second kappa shape index (κ2) is 8.57. The summed E-state index contributed by atoms with van der Waals surface area (Å²) in [7, 11) is 0. The molecule has 1 aliphatic rings. The Bertz CT molecular complexity index is 872. The first-order valence-electron chi connectivity index (χ1n) is 9.31. The lowest BCUT2D eigenvalue weighted by molar-refractivity contribution is -0.123. The van der Waals surface area contributed by atoms with Gasteiger partial charge in [0, 0.05) is 11.1 Å². The van der Waals surface area contributed by atoms with Crippen LogP contribution in [0.15, 0.2) is 48.5 Å². The minimum absolute atomic E-state index is 0.104. The molecule has 0 fully saturated rings. The number of alkyl carbamates (subject to hydrolysis) is 1. The van der Waals surface area contributed by atoms with Crippen LogP contribution in [-0.4, -0.2) is 24.6 Å². The van der Waals surface area contributed by atoms with Crippen molar-refractivity contribution < 1.29 is 14.3 Å². The summed E-state index contributed by atoms with van der Waals surface area (Å²) in [5.74, 6) is -0.203. The van der Waals surface area contributed by atoms with Crippen molar-refractivity contribution in [2.75, 3.05) is 6.54 Å². The quantitative estimate of drug-likeness (QED) is 0.753. The van der Waals surface area contributed by atoms with Crippen molar-refractivity contribution in [2.45, 2.75) is 32.4 Å². The molecule has 6 heteroatoms. The number of hydrogen-bond acceptors (Lipinski definition) is 4. The highest BCUT2D eigenvalue weighted by molar-refractivity contribution is 5.86. The third-order valence-electron chi connectivity index (χ3n) is 4.66. The zero-order valence-electron chi connectivity index (χ0n) is 15.9. The molecule has 1 aliphatic carbocycles. The van der Waals surface area contributed by atoms with Gasteiger partial charge < -0.3 is 15.4 Å². The fourth-order valence-corrected chi connectivity index (χ4v) is 3.47. The summed E-state index contributed by atoms with van der Waals surface area (Å²) < 4.78 is 5.74. The Balaban J connectivity index is 1.76. The first-order chi connectivity index (χ1) is 13.5. The second-order valence-corrected chi connectivity index (χ2v) is 7.16. The number of nitrogens with one attached hydrogen (secondary N) is 2. The highest BCUT2D eigenvalue weighted by atomic mass is 16.6. The molecule has 2 amide bonds. The van der Waals surface area contributed by atoms with Gasteiger partial charge in [0.15, 0.2) is 6.10 Å². The van der Waals surface area contributed by atoms with Gasteiger partial charge in [-0.05, 0) is 23.5 Å². The molecule has 3 rings (SSSR count). The van der Waals surface area contributed by atoms with Gasteiger partial charge in [0.2, 0.25) is 5.91 Å². The first kappa shape index (κ1) is 19.4. The van der Waals surface area contributed by atoms with Gasteiger partial charge in [0.25, 0.3) is 0 Å². The van der Waals surface area contributed by atoms with Gasteiger partial charge in [-0.3, -0.25) is 4.79 Å².